The van der Waals surface area contributed by atoms with E-state index in [0.29, 0.717) is 0 Å². The molecule has 0 radical (unpaired) electrons. The highest BCUT2D eigenvalue weighted by molar-refractivity contribution is 7.87. The molecule has 0 saturated heterocycles. The summed E-state index contributed by atoms with van der Waals surface area (Å²) in [5.74, 6) is 0. The zero-order chi connectivity index (χ0) is 10.8. The highest BCUT2D eigenvalue weighted by atomic mass is 32.2. The van der Waals surface area contributed by atoms with Crippen LogP contribution in [-0.4, -0.2) is 20.2 Å². The Kier molecular flexibility index (Phi) is 4.14. The van der Waals surface area contributed by atoms with Crippen LogP contribution in [0.2, 0.25) is 0 Å². The van der Waals surface area contributed by atoms with Crippen LogP contribution >= 0.6 is 0 Å². The van der Waals surface area contributed by atoms with Crippen LogP contribution in [0.15, 0.2) is 0 Å². The second-order valence-electron chi connectivity index (χ2n) is 5.25. The predicted octanol–water partition coefficient (Wildman–Crippen LogP) is 2.19. The highest BCUT2D eigenvalue weighted by Gasteiger charge is 2.32. The van der Waals surface area contributed by atoms with Gasteiger partial charge in [-0.15, -0.1) is 0 Å². The molecule has 3 unspecified atom stereocenters. The number of rotatable bonds is 1. The van der Waals surface area contributed by atoms with Crippen LogP contribution in [-0.2, 0) is 10.8 Å². The van der Waals surface area contributed by atoms with Crippen molar-refractivity contribution in [2.45, 2.75) is 68.9 Å². The fraction of sp³-hybridized carbons (Fsp3) is 1.00. The maximum Gasteiger partial charge on any atom is 0.0504 e. The van der Waals surface area contributed by atoms with Gasteiger partial charge in [0.05, 0.1) is 5.25 Å². The van der Waals surface area contributed by atoms with Crippen LogP contribution in [0.25, 0.3) is 0 Å². The minimum absolute atomic E-state index is 0.118. The molecule has 3 heteroatoms. The molecule has 0 aliphatic heterocycles. The lowest BCUT2D eigenvalue weighted by atomic mass is 10.1. The topological polar surface area (TPSA) is 43.1 Å². The van der Waals surface area contributed by atoms with Crippen LogP contribution in [0.4, 0.5) is 0 Å². The largest absolute Gasteiger partial charge is 0.327 e. The maximum absolute atomic E-state index is 12.2. The molecule has 14 heavy (non-hydrogen) atoms. The van der Waals surface area contributed by atoms with E-state index in [-0.39, 0.29) is 16.0 Å². The van der Waals surface area contributed by atoms with Crippen molar-refractivity contribution in [1.29, 1.82) is 0 Å². The Hall–Kier alpha value is 0.110. The molecule has 0 heterocycles. The van der Waals surface area contributed by atoms with Crippen LogP contribution in [0, 0.1) is 0 Å². The summed E-state index contributed by atoms with van der Waals surface area (Å²) in [5.41, 5.74) is 6.08. The molecule has 0 aromatic rings. The smallest absolute Gasteiger partial charge is 0.0504 e. The Balaban J connectivity index is 2.69. The Morgan fingerprint density at radius 1 is 1.14 bits per heavy atom. The van der Waals surface area contributed by atoms with Gasteiger partial charge in [-0.25, -0.2) is 0 Å². The van der Waals surface area contributed by atoms with E-state index in [9.17, 15) is 4.21 Å². The number of hydrogen-bond acceptors (Lipinski definition) is 2. The first-order chi connectivity index (χ1) is 6.43. The molecule has 1 aliphatic carbocycles. The summed E-state index contributed by atoms with van der Waals surface area (Å²) in [6.07, 6.45) is 5.75. The SMILES string of the molecule is CC(C)(C)S(=O)C1CCCCCC1N. The van der Waals surface area contributed by atoms with E-state index in [4.69, 9.17) is 5.73 Å². The zero-order valence-corrected chi connectivity index (χ0v) is 10.4. The van der Waals surface area contributed by atoms with E-state index in [2.05, 4.69) is 0 Å². The molecule has 1 saturated carbocycles. The lowest BCUT2D eigenvalue weighted by Gasteiger charge is -2.28. The molecule has 2 nitrogen and oxygen atoms in total. The number of hydrogen-bond donors (Lipinski definition) is 1. The van der Waals surface area contributed by atoms with Crippen LogP contribution in [0.3, 0.4) is 0 Å². The van der Waals surface area contributed by atoms with Crippen molar-refractivity contribution in [3.05, 3.63) is 0 Å². The Morgan fingerprint density at radius 2 is 1.71 bits per heavy atom. The average molecular weight is 217 g/mol. The van der Waals surface area contributed by atoms with Crippen molar-refractivity contribution >= 4 is 10.8 Å². The van der Waals surface area contributed by atoms with Gasteiger partial charge in [-0.05, 0) is 33.6 Å². The highest BCUT2D eigenvalue weighted by Crippen LogP contribution is 2.26. The summed E-state index contributed by atoms with van der Waals surface area (Å²) in [4.78, 5) is 0. The molecule has 0 amide bonds. The van der Waals surface area contributed by atoms with Gasteiger partial charge in [0.25, 0.3) is 0 Å². The zero-order valence-electron chi connectivity index (χ0n) is 9.58. The molecule has 0 spiro atoms. The first-order valence-corrected chi connectivity index (χ1v) is 6.80. The lowest BCUT2D eigenvalue weighted by molar-refractivity contribution is 0.559. The summed E-state index contributed by atoms with van der Waals surface area (Å²) < 4.78 is 12.1. The fourth-order valence-corrected chi connectivity index (χ4v) is 3.76. The summed E-state index contributed by atoms with van der Waals surface area (Å²) in [5, 5.41) is 0.220. The molecule has 0 aromatic heterocycles. The maximum atomic E-state index is 12.2. The van der Waals surface area contributed by atoms with Crippen molar-refractivity contribution < 1.29 is 4.21 Å². The molecule has 0 bridgehead atoms. The number of nitrogens with two attached hydrogens (primary N) is 1. The fourth-order valence-electron chi connectivity index (χ4n) is 2.02. The molecule has 84 valence electrons. The van der Waals surface area contributed by atoms with Crippen molar-refractivity contribution in [3.8, 4) is 0 Å². The van der Waals surface area contributed by atoms with Gasteiger partial charge in [0.2, 0.25) is 0 Å². The third kappa shape index (κ3) is 3.06. The van der Waals surface area contributed by atoms with E-state index >= 15 is 0 Å². The Bertz CT molecular complexity index is 210. The molecule has 3 atom stereocenters. The standard InChI is InChI=1S/C11H23NOS/c1-11(2,3)14(13)10-8-6-4-5-7-9(10)12/h9-10H,4-8,12H2,1-3H3. The quantitative estimate of drug-likeness (QED) is 0.684. The van der Waals surface area contributed by atoms with E-state index in [0.717, 1.165) is 12.8 Å². The van der Waals surface area contributed by atoms with Crippen molar-refractivity contribution in [1.82, 2.24) is 0 Å². The third-order valence-corrected chi connectivity index (χ3v) is 5.22. The van der Waals surface area contributed by atoms with Gasteiger partial charge < -0.3 is 5.73 Å². The van der Waals surface area contributed by atoms with Gasteiger partial charge in [0, 0.05) is 21.6 Å². The molecule has 1 rings (SSSR count). The van der Waals surface area contributed by atoms with Gasteiger partial charge in [-0.1, -0.05) is 19.3 Å². The van der Waals surface area contributed by atoms with Crippen LogP contribution in [0.1, 0.15) is 52.9 Å². The Morgan fingerprint density at radius 3 is 2.29 bits per heavy atom. The van der Waals surface area contributed by atoms with Crippen LogP contribution < -0.4 is 5.73 Å². The lowest BCUT2D eigenvalue weighted by Crippen LogP contribution is -2.42. The molecular weight excluding hydrogens is 194 g/mol. The van der Waals surface area contributed by atoms with Gasteiger partial charge in [0.15, 0.2) is 0 Å². The first kappa shape index (κ1) is 12.2. The van der Waals surface area contributed by atoms with E-state index < -0.39 is 10.8 Å². The van der Waals surface area contributed by atoms with E-state index in [1.165, 1.54) is 19.3 Å². The summed E-state index contributed by atoms with van der Waals surface area (Å²) in [6, 6.07) is 0.151. The average Bonchev–Trinajstić information content (AvgIpc) is 2.27. The van der Waals surface area contributed by atoms with E-state index in [1.807, 2.05) is 20.8 Å². The first-order valence-electron chi connectivity index (χ1n) is 5.59. The molecular formula is C11H23NOS. The minimum Gasteiger partial charge on any atom is -0.327 e. The molecule has 2 N–H and O–H groups in total. The van der Waals surface area contributed by atoms with Gasteiger partial charge >= 0.3 is 0 Å². The minimum atomic E-state index is -0.790. The van der Waals surface area contributed by atoms with Crippen LogP contribution in [0.5, 0.6) is 0 Å². The molecule has 1 aliphatic rings. The Labute approximate surface area is 90.1 Å². The van der Waals surface area contributed by atoms with Crippen molar-refractivity contribution in [2.75, 3.05) is 0 Å². The molecule has 0 aromatic carbocycles. The van der Waals surface area contributed by atoms with Gasteiger partial charge in [0.1, 0.15) is 0 Å². The molecule has 1 fully saturated rings. The van der Waals surface area contributed by atoms with Gasteiger partial charge in [-0.2, -0.15) is 0 Å². The monoisotopic (exact) mass is 217 g/mol. The second-order valence-corrected chi connectivity index (χ2v) is 7.68. The summed E-state index contributed by atoms with van der Waals surface area (Å²) in [7, 11) is -0.790. The summed E-state index contributed by atoms with van der Waals surface area (Å²) in [6.45, 7) is 6.13. The van der Waals surface area contributed by atoms with E-state index in [1.54, 1.807) is 0 Å². The predicted molar refractivity (Wildman–Crippen MR) is 62.7 cm³/mol. The summed E-state index contributed by atoms with van der Waals surface area (Å²) >= 11 is 0. The van der Waals surface area contributed by atoms with Crippen molar-refractivity contribution in [2.24, 2.45) is 5.73 Å². The normalized spacial score (nSPS) is 32.3. The van der Waals surface area contributed by atoms with Gasteiger partial charge in [-0.3, -0.25) is 4.21 Å². The van der Waals surface area contributed by atoms with Crippen molar-refractivity contribution in [3.63, 3.8) is 0 Å². The second kappa shape index (κ2) is 4.75. The third-order valence-electron chi connectivity index (χ3n) is 2.88.